The number of aryl methyl sites for hydroxylation is 1. The summed E-state index contributed by atoms with van der Waals surface area (Å²) in [5.74, 6) is -0.960. The van der Waals surface area contributed by atoms with E-state index in [1.54, 1.807) is 18.2 Å². The summed E-state index contributed by atoms with van der Waals surface area (Å²) in [6.45, 7) is 0. The molecule has 0 saturated heterocycles. The van der Waals surface area contributed by atoms with Crippen LogP contribution in [-0.4, -0.2) is 22.2 Å². The number of carboxylic acids is 1. The first kappa shape index (κ1) is 11.1. The summed E-state index contributed by atoms with van der Waals surface area (Å²) in [5, 5.41) is 9.71. The van der Waals surface area contributed by atoms with Crippen LogP contribution >= 0.6 is 0 Å². The van der Waals surface area contributed by atoms with Crippen LogP contribution in [0.5, 0.6) is 0 Å². The summed E-state index contributed by atoms with van der Waals surface area (Å²) in [6.07, 6.45) is 0.765. The molecule has 1 aromatic heterocycles. The molecule has 3 nitrogen and oxygen atoms in total. The lowest BCUT2D eigenvalue weighted by Gasteiger charge is -2.18. The van der Waals surface area contributed by atoms with Crippen LogP contribution in [0.2, 0.25) is 0 Å². The van der Waals surface area contributed by atoms with Gasteiger partial charge in [-0.15, -0.1) is 0 Å². The predicted molar refractivity (Wildman–Crippen MR) is 65.6 cm³/mol. The smallest absolute Gasteiger partial charge is 0.335 e. The number of nitrogens with zero attached hydrogens (tertiary/aromatic N) is 1. The second-order valence-electron chi connectivity index (χ2n) is 4.65. The van der Waals surface area contributed by atoms with Crippen LogP contribution < -0.4 is 0 Å². The molecule has 0 radical (unpaired) electrons. The van der Waals surface area contributed by atoms with Crippen molar-refractivity contribution in [2.45, 2.75) is 25.4 Å². The zero-order valence-electron chi connectivity index (χ0n) is 9.69. The van der Waals surface area contributed by atoms with Crippen LogP contribution in [0, 0.1) is 0 Å². The van der Waals surface area contributed by atoms with Gasteiger partial charge in [-0.05, 0) is 42.7 Å². The zero-order valence-corrected chi connectivity index (χ0v) is 9.69. The molecule has 18 heavy (non-hydrogen) atoms. The average Bonchev–Trinajstić information content (AvgIpc) is 2.35. The van der Waals surface area contributed by atoms with Crippen molar-refractivity contribution in [2.24, 2.45) is 0 Å². The van der Waals surface area contributed by atoms with Crippen molar-refractivity contribution in [3.63, 3.8) is 0 Å². The topological polar surface area (TPSA) is 50.2 Å². The second kappa shape index (κ2) is 4.05. The highest BCUT2D eigenvalue weighted by Crippen LogP contribution is 2.26. The van der Waals surface area contributed by atoms with Gasteiger partial charge in [0.2, 0.25) is 0 Å². The van der Waals surface area contributed by atoms with Gasteiger partial charge in [-0.25, -0.2) is 9.18 Å². The fraction of sp³-hybridized carbons (Fsp3) is 0.286. The van der Waals surface area contributed by atoms with Gasteiger partial charge < -0.3 is 5.11 Å². The molecule has 1 heterocycles. The Balaban J connectivity index is 2.16. The molecule has 92 valence electrons. The lowest BCUT2D eigenvalue weighted by Crippen LogP contribution is -2.16. The van der Waals surface area contributed by atoms with Crippen LogP contribution in [0.4, 0.5) is 4.39 Å². The van der Waals surface area contributed by atoms with Crippen LogP contribution in [0.1, 0.15) is 28.0 Å². The molecule has 1 aromatic carbocycles. The molecule has 3 rings (SSSR count). The van der Waals surface area contributed by atoms with Gasteiger partial charge in [0.05, 0.1) is 11.1 Å². The van der Waals surface area contributed by atoms with Crippen LogP contribution in [0.25, 0.3) is 10.9 Å². The molecule has 0 spiro atoms. The van der Waals surface area contributed by atoms with Crippen molar-refractivity contribution in [3.05, 3.63) is 41.1 Å². The first-order valence-electron chi connectivity index (χ1n) is 5.93. The lowest BCUT2D eigenvalue weighted by molar-refractivity contribution is 0.0697. The van der Waals surface area contributed by atoms with Crippen LogP contribution in [-0.2, 0) is 12.8 Å². The van der Waals surface area contributed by atoms with E-state index < -0.39 is 12.1 Å². The highest BCUT2D eigenvalue weighted by molar-refractivity contribution is 5.93. The third-order valence-electron chi connectivity index (χ3n) is 3.37. The third-order valence-corrected chi connectivity index (χ3v) is 3.37. The summed E-state index contributed by atoms with van der Waals surface area (Å²) in [4.78, 5) is 15.4. The SMILES string of the molecule is O=C(O)c1ccc2nc3c(cc2c1)CC(F)CC3. The minimum atomic E-state index is -0.960. The fourth-order valence-corrected chi connectivity index (χ4v) is 2.42. The minimum Gasteiger partial charge on any atom is -0.478 e. The quantitative estimate of drug-likeness (QED) is 0.840. The van der Waals surface area contributed by atoms with Gasteiger partial charge in [0, 0.05) is 17.5 Å². The predicted octanol–water partition coefficient (Wildman–Crippen LogP) is 2.76. The number of benzene rings is 1. The lowest BCUT2D eigenvalue weighted by atomic mass is 9.93. The number of pyridine rings is 1. The van der Waals surface area contributed by atoms with Crippen molar-refractivity contribution in [3.8, 4) is 0 Å². The maximum Gasteiger partial charge on any atom is 0.335 e. The van der Waals surface area contributed by atoms with E-state index in [0.29, 0.717) is 19.3 Å². The molecule has 2 aromatic rings. The minimum absolute atomic E-state index is 0.233. The molecule has 1 unspecified atom stereocenters. The summed E-state index contributed by atoms with van der Waals surface area (Å²) in [7, 11) is 0. The number of hydrogen-bond acceptors (Lipinski definition) is 2. The van der Waals surface area contributed by atoms with Crippen LogP contribution in [0.15, 0.2) is 24.3 Å². The highest BCUT2D eigenvalue weighted by atomic mass is 19.1. The molecule has 0 saturated carbocycles. The van der Waals surface area contributed by atoms with E-state index in [9.17, 15) is 9.18 Å². The van der Waals surface area contributed by atoms with Gasteiger partial charge in [-0.2, -0.15) is 0 Å². The maximum atomic E-state index is 13.3. The molecule has 0 bridgehead atoms. The van der Waals surface area contributed by atoms with Gasteiger partial charge in [-0.1, -0.05) is 0 Å². The summed E-state index contributed by atoms with van der Waals surface area (Å²) < 4.78 is 13.3. The standard InChI is InChI=1S/C14H12FNO2/c15-11-2-4-13-10(7-11)6-9-5-8(14(17)18)1-3-12(9)16-13/h1,3,5-6,11H,2,4,7H2,(H,17,18). The summed E-state index contributed by atoms with van der Waals surface area (Å²) >= 11 is 0. The average molecular weight is 245 g/mol. The van der Waals surface area contributed by atoms with Crippen molar-refractivity contribution >= 4 is 16.9 Å². The van der Waals surface area contributed by atoms with E-state index >= 15 is 0 Å². The highest BCUT2D eigenvalue weighted by Gasteiger charge is 2.19. The largest absolute Gasteiger partial charge is 0.478 e. The van der Waals surface area contributed by atoms with Crippen LogP contribution in [0.3, 0.4) is 0 Å². The molecule has 1 aliphatic carbocycles. The van der Waals surface area contributed by atoms with E-state index in [0.717, 1.165) is 22.2 Å². The summed E-state index contributed by atoms with van der Waals surface area (Å²) in [5.41, 5.74) is 2.86. The van der Waals surface area contributed by atoms with Gasteiger partial charge in [-0.3, -0.25) is 4.98 Å². The number of fused-ring (bicyclic) bond motifs is 2. The molecule has 1 atom stereocenters. The number of aromatic carboxylic acids is 1. The Morgan fingerprint density at radius 2 is 2.22 bits per heavy atom. The number of halogens is 1. The van der Waals surface area contributed by atoms with E-state index in [1.807, 2.05) is 6.07 Å². The monoisotopic (exact) mass is 245 g/mol. The van der Waals surface area contributed by atoms with Gasteiger partial charge in [0.1, 0.15) is 6.17 Å². The van der Waals surface area contributed by atoms with Crippen molar-refractivity contribution in [1.82, 2.24) is 4.98 Å². The molecule has 0 amide bonds. The zero-order chi connectivity index (χ0) is 12.7. The fourth-order valence-electron chi connectivity index (χ4n) is 2.42. The molecule has 4 heteroatoms. The molecular weight excluding hydrogens is 233 g/mol. The Morgan fingerprint density at radius 3 is 3.00 bits per heavy atom. The number of carbonyl (C=O) groups is 1. The Hall–Kier alpha value is -1.97. The first-order chi connectivity index (χ1) is 8.63. The second-order valence-corrected chi connectivity index (χ2v) is 4.65. The summed E-state index contributed by atoms with van der Waals surface area (Å²) in [6, 6.07) is 6.72. The Labute approximate surface area is 103 Å². The van der Waals surface area contributed by atoms with Gasteiger partial charge in [0.15, 0.2) is 0 Å². The molecule has 1 N–H and O–H groups in total. The Bertz CT molecular complexity index is 639. The number of carboxylic acid groups (broad SMARTS) is 1. The van der Waals surface area contributed by atoms with Gasteiger partial charge in [0.25, 0.3) is 0 Å². The maximum absolute atomic E-state index is 13.3. The normalized spacial score (nSPS) is 18.6. The van der Waals surface area contributed by atoms with E-state index in [2.05, 4.69) is 4.98 Å². The van der Waals surface area contributed by atoms with E-state index in [1.165, 1.54) is 0 Å². The number of rotatable bonds is 1. The van der Waals surface area contributed by atoms with E-state index in [-0.39, 0.29) is 5.56 Å². The van der Waals surface area contributed by atoms with Crippen molar-refractivity contribution in [2.75, 3.05) is 0 Å². The Kier molecular flexibility index (Phi) is 2.51. The number of alkyl halides is 1. The molecular formula is C14H12FNO2. The first-order valence-corrected chi connectivity index (χ1v) is 5.93. The molecule has 0 aliphatic heterocycles. The third kappa shape index (κ3) is 1.83. The molecule has 0 fully saturated rings. The number of aromatic nitrogens is 1. The number of hydrogen-bond donors (Lipinski definition) is 1. The van der Waals surface area contributed by atoms with Gasteiger partial charge >= 0.3 is 5.97 Å². The van der Waals surface area contributed by atoms with E-state index in [4.69, 9.17) is 5.11 Å². The Morgan fingerprint density at radius 1 is 1.39 bits per heavy atom. The van der Waals surface area contributed by atoms with Crippen molar-refractivity contribution in [1.29, 1.82) is 0 Å². The van der Waals surface area contributed by atoms with Crippen molar-refractivity contribution < 1.29 is 14.3 Å². The molecule has 1 aliphatic rings.